The molecule has 0 bridgehead atoms. The molecule has 38 heavy (non-hydrogen) atoms. The second-order valence-electron chi connectivity index (χ2n) is 9.90. The zero-order chi connectivity index (χ0) is 26.6. The minimum absolute atomic E-state index is 0.0683. The van der Waals surface area contributed by atoms with Gasteiger partial charge in [0.05, 0.1) is 11.2 Å². The Bertz CT molecular complexity index is 1470. The first-order chi connectivity index (χ1) is 18.4. The van der Waals surface area contributed by atoms with Crippen molar-refractivity contribution in [2.75, 3.05) is 4.90 Å². The Hall–Kier alpha value is -4.27. The molecule has 0 saturated heterocycles. The van der Waals surface area contributed by atoms with Gasteiger partial charge in [0.25, 0.3) is 0 Å². The third-order valence-electron chi connectivity index (χ3n) is 7.23. The van der Waals surface area contributed by atoms with Crippen LogP contribution in [0, 0.1) is 0 Å². The second-order valence-corrected chi connectivity index (χ2v) is 9.90. The maximum Gasteiger partial charge on any atom is 0.249 e. The lowest BCUT2D eigenvalue weighted by molar-refractivity contribution is -0.127. The zero-order valence-corrected chi connectivity index (χ0v) is 21.7. The summed E-state index contributed by atoms with van der Waals surface area (Å²) in [7, 11) is 1.86. The van der Waals surface area contributed by atoms with Crippen LogP contribution in [0.4, 0.5) is 5.69 Å². The van der Waals surface area contributed by atoms with Crippen LogP contribution < -0.4 is 10.2 Å². The molecule has 9 heteroatoms. The monoisotopic (exact) mass is 512 g/mol. The average Bonchev–Trinajstić information content (AvgIpc) is 3.53. The number of amides is 2. The van der Waals surface area contributed by atoms with Crippen molar-refractivity contribution in [1.29, 1.82) is 0 Å². The van der Waals surface area contributed by atoms with Gasteiger partial charge in [-0.3, -0.25) is 19.3 Å². The van der Waals surface area contributed by atoms with Gasteiger partial charge in [0.2, 0.25) is 11.8 Å². The van der Waals surface area contributed by atoms with Crippen LogP contribution >= 0.6 is 0 Å². The van der Waals surface area contributed by atoms with E-state index < -0.39 is 6.04 Å². The Morgan fingerprint density at radius 2 is 1.82 bits per heavy atom. The van der Waals surface area contributed by atoms with E-state index in [4.69, 9.17) is 0 Å². The molecule has 1 unspecified atom stereocenters. The third-order valence-corrected chi connectivity index (χ3v) is 7.23. The second kappa shape index (κ2) is 11.0. The quantitative estimate of drug-likeness (QED) is 0.357. The molecule has 0 aliphatic heterocycles. The molecule has 2 aromatic heterocycles. The lowest BCUT2D eigenvalue weighted by Crippen LogP contribution is -2.48. The van der Waals surface area contributed by atoms with Gasteiger partial charge in [-0.25, -0.2) is 4.68 Å². The van der Waals surface area contributed by atoms with E-state index in [9.17, 15) is 14.4 Å². The topological polar surface area (TPSA) is 102 Å². The molecule has 2 heterocycles. The lowest BCUT2D eigenvalue weighted by atomic mass is 9.95. The summed E-state index contributed by atoms with van der Waals surface area (Å²) in [5.74, 6) is -0.710. The van der Waals surface area contributed by atoms with E-state index in [1.54, 1.807) is 28.9 Å². The number of Topliss-reactive ketones (excluding diaryl/α,β-unsaturated/α-hetero) is 1. The molecular formula is C29H32N6O3. The highest BCUT2D eigenvalue weighted by molar-refractivity contribution is 6.03. The fourth-order valence-electron chi connectivity index (χ4n) is 5.22. The van der Waals surface area contributed by atoms with Crippen LogP contribution in [0.1, 0.15) is 61.1 Å². The molecular weight excluding hydrogens is 480 g/mol. The number of anilines is 1. The number of ketones is 1. The molecule has 0 radical (unpaired) electrons. The molecule has 2 aromatic carbocycles. The smallest absolute Gasteiger partial charge is 0.249 e. The maximum atomic E-state index is 14.1. The summed E-state index contributed by atoms with van der Waals surface area (Å²) in [6.07, 6.45) is 7.01. The predicted molar refractivity (Wildman–Crippen MR) is 145 cm³/mol. The Balaban J connectivity index is 1.58. The van der Waals surface area contributed by atoms with Crippen LogP contribution in [0.25, 0.3) is 11.0 Å². The molecule has 9 nitrogen and oxygen atoms in total. The molecule has 1 N–H and O–H groups in total. The Kier molecular flexibility index (Phi) is 7.35. The lowest BCUT2D eigenvalue weighted by Gasteiger charge is -2.33. The zero-order valence-electron chi connectivity index (χ0n) is 21.7. The summed E-state index contributed by atoms with van der Waals surface area (Å²) < 4.78 is 3.39. The number of carbonyl (C=O) groups is 3. The van der Waals surface area contributed by atoms with Crippen molar-refractivity contribution in [2.45, 2.75) is 57.7 Å². The van der Waals surface area contributed by atoms with Gasteiger partial charge in [0.1, 0.15) is 12.1 Å². The van der Waals surface area contributed by atoms with Crippen molar-refractivity contribution in [1.82, 2.24) is 24.9 Å². The van der Waals surface area contributed by atoms with Gasteiger partial charge < -0.3 is 9.88 Å². The van der Waals surface area contributed by atoms with Crippen LogP contribution in [-0.2, 0) is 23.2 Å². The molecule has 1 aliphatic carbocycles. The normalized spacial score (nSPS) is 14.8. The highest BCUT2D eigenvalue weighted by atomic mass is 16.2. The number of benzene rings is 2. The number of carbonyl (C=O) groups excluding carboxylic acids is 3. The van der Waals surface area contributed by atoms with E-state index in [0.717, 1.165) is 31.2 Å². The van der Waals surface area contributed by atoms with E-state index >= 15 is 0 Å². The van der Waals surface area contributed by atoms with Gasteiger partial charge in [-0.2, -0.15) is 0 Å². The molecule has 5 rings (SSSR count). The van der Waals surface area contributed by atoms with Gasteiger partial charge in [0, 0.05) is 30.5 Å². The summed E-state index contributed by atoms with van der Waals surface area (Å²) >= 11 is 0. The first-order valence-electron chi connectivity index (χ1n) is 13.1. The van der Waals surface area contributed by atoms with Crippen LogP contribution in [0.5, 0.6) is 0 Å². The number of aryl methyl sites for hydroxylation is 1. The first kappa shape index (κ1) is 25.4. The predicted octanol–water partition coefficient (Wildman–Crippen LogP) is 4.20. The number of para-hydroxylation sites is 1. The molecule has 1 fully saturated rings. The average molecular weight is 513 g/mol. The van der Waals surface area contributed by atoms with E-state index in [2.05, 4.69) is 15.6 Å². The van der Waals surface area contributed by atoms with Crippen molar-refractivity contribution < 1.29 is 14.4 Å². The maximum absolute atomic E-state index is 14.1. The number of hydrogen-bond donors (Lipinski definition) is 1. The molecule has 1 saturated carbocycles. The highest BCUT2D eigenvalue weighted by Gasteiger charge is 2.36. The standard InChI is InChI=1S/C29H32N6O3/c1-20(36)21-10-8-13-23(18-21)35(27(37)19-34-25-15-7-6-14-24(25)31-32-34)28(26-16-9-17-33(26)2)29(38)30-22-11-4-3-5-12-22/h6-10,13-18,22,28H,3-5,11-12,19H2,1-2H3,(H,30,38). The molecule has 2 amide bonds. The number of rotatable bonds is 8. The summed E-state index contributed by atoms with van der Waals surface area (Å²) in [6.45, 7) is 1.36. The molecule has 4 aromatic rings. The van der Waals surface area contributed by atoms with Crippen molar-refractivity contribution >= 4 is 34.3 Å². The minimum atomic E-state index is -0.943. The summed E-state index contributed by atoms with van der Waals surface area (Å²) in [4.78, 5) is 41.9. The van der Waals surface area contributed by atoms with Gasteiger partial charge in [-0.05, 0) is 56.2 Å². The fraction of sp³-hybridized carbons (Fsp3) is 0.345. The van der Waals surface area contributed by atoms with Crippen molar-refractivity contribution in [3.63, 3.8) is 0 Å². The van der Waals surface area contributed by atoms with Gasteiger partial charge in [0.15, 0.2) is 11.8 Å². The largest absolute Gasteiger partial charge is 0.352 e. The number of nitrogens with zero attached hydrogens (tertiary/aromatic N) is 5. The van der Waals surface area contributed by atoms with Gasteiger partial charge >= 0.3 is 0 Å². The van der Waals surface area contributed by atoms with E-state index in [1.165, 1.54) is 18.2 Å². The van der Waals surface area contributed by atoms with Crippen molar-refractivity contribution in [3.8, 4) is 0 Å². The number of fused-ring (bicyclic) bond motifs is 1. The Morgan fingerprint density at radius 3 is 2.55 bits per heavy atom. The first-order valence-corrected chi connectivity index (χ1v) is 13.1. The fourth-order valence-corrected chi connectivity index (χ4v) is 5.22. The van der Waals surface area contributed by atoms with Gasteiger partial charge in [-0.1, -0.05) is 48.7 Å². The summed E-state index contributed by atoms with van der Waals surface area (Å²) in [5, 5.41) is 11.6. The van der Waals surface area contributed by atoms with Crippen LogP contribution in [0.15, 0.2) is 66.9 Å². The van der Waals surface area contributed by atoms with E-state index in [0.29, 0.717) is 22.5 Å². The third kappa shape index (κ3) is 5.22. The van der Waals surface area contributed by atoms with E-state index in [1.807, 2.05) is 54.2 Å². The Morgan fingerprint density at radius 1 is 1.03 bits per heavy atom. The van der Waals surface area contributed by atoms with Crippen LogP contribution in [-0.4, -0.2) is 43.2 Å². The Labute approximate surface area is 221 Å². The highest BCUT2D eigenvalue weighted by Crippen LogP contribution is 2.30. The summed E-state index contributed by atoms with van der Waals surface area (Å²) in [6, 6.07) is 17.1. The van der Waals surface area contributed by atoms with Crippen LogP contribution in [0.2, 0.25) is 0 Å². The molecule has 196 valence electrons. The molecule has 1 atom stereocenters. The number of nitrogens with one attached hydrogen (secondary N) is 1. The molecule has 1 aliphatic rings. The van der Waals surface area contributed by atoms with Crippen molar-refractivity contribution in [3.05, 3.63) is 78.1 Å². The van der Waals surface area contributed by atoms with Crippen molar-refractivity contribution in [2.24, 2.45) is 7.05 Å². The number of aromatic nitrogens is 4. The molecule has 0 spiro atoms. The van der Waals surface area contributed by atoms with E-state index in [-0.39, 0.29) is 30.2 Å². The summed E-state index contributed by atoms with van der Waals surface area (Å²) in [5.41, 5.74) is 3.00. The minimum Gasteiger partial charge on any atom is -0.352 e. The number of hydrogen-bond acceptors (Lipinski definition) is 5. The SMILES string of the molecule is CC(=O)c1cccc(N(C(=O)Cn2nnc3ccccc32)C(C(=O)NC2CCCCC2)c2cccn2C)c1. The van der Waals surface area contributed by atoms with Crippen LogP contribution in [0.3, 0.4) is 0 Å². The van der Waals surface area contributed by atoms with Gasteiger partial charge in [-0.15, -0.1) is 5.10 Å².